The van der Waals surface area contributed by atoms with E-state index in [1.807, 2.05) is 20.8 Å². The highest BCUT2D eigenvalue weighted by Crippen LogP contribution is 2.12. The zero-order valence-corrected chi connectivity index (χ0v) is 10.9. The second-order valence-corrected chi connectivity index (χ2v) is 3.57. The first-order valence-corrected chi connectivity index (χ1v) is 3.61. The lowest BCUT2D eigenvalue weighted by molar-refractivity contribution is -0.145. The third-order valence-corrected chi connectivity index (χ3v) is 0.955. The van der Waals surface area contributed by atoms with E-state index in [9.17, 15) is 4.79 Å². The second-order valence-electron chi connectivity index (χ2n) is 3.57. The maximum Gasteiger partial charge on any atom is 0.305 e. The van der Waals surface area contributed by atoms with Crippen molar-refractivity contribution in [3.8, 4) is 0 Å². The molecule has 0 N–H and O–H groups in total. The summed E-state index contributed by atoms with van der Waals surface area (Å²) in [5.74, 6) is -0.116. The molecule has 5 heteroatoms. The summed E-state index contributed by atoms with van der Waals surface area (Å²) in [7, 11) is 0. The Kier molecular flexibility index (Phi) is 18.7. The number of carbonyl (C=O) groups excluding carboxylic acids is 1. The van der Waals surface area contributed by atoms with Gasteiger partial charge in [0.15, 0.2) is 0 Å². The summed E-state index contributed by atoms with van der Waals surface area (Å²) in [6.45, 7) is 8.42. The fourth-order valence-electron chi connectivity index (χ4n) is 0.399. The van der Waals surface area contributed by atoms with E-state index in [2.05, 4.69) is 0 Å². The molecule has 0 saturated carbocycles. The van der Waals surface area contributed by atoms with Crippen LogP contribution in [0.2, 0.25) is 0 Å². The quantitative estimate of drug-likeness (QED) is 0.706. The highest BCUT2D eigenvalue weighted by molar-refractivity contribution is 5.86. The first-order chi connectivity index (χ1) is 4.45. The summed E-state index contributed by atoms with van der Waals surface area (Å²) in [4.78, 5) is 10.6. The van der Waals surface area contributed by atoms with Crippen LogP contribution in [0.25, 0.3) is 0 Å². The SMILES string of the molecule is CCC(=O)OCC(C)(C)C.Cl.Cl.Cl. The standard InChI is InChI=1S/C8H16O2.3ClH/c1-5-7(9)10-6-8(2,3)4;;;/h5-6H2,1-4H3;3*1H. The third kappa shape index (κ3) is 19.0. The molecule has 0 saturated heterocycles. The molecule has 0 aromatic heterocycles. The molecule has 13 heavy (non-hydrogen) atoms. The summed E-state index contributed by atoms with van der Waals surface area (Å²) in [5.41, 5.74) is 0.0881. The average Bonchev–Trinajstić information content (AvgIpc) is 1.81. The van der Waals surface area contributed by atoms with Crippen LogP contribution < -0.4 is 0 Å². The van der Waals surface area contributed by atoms with Gasteiger partial charge in [0.2, 0.25) is 0 Å². The Hall–Kier alpha value is 0.340. The zero-order chi connectivity index (χ0) is 8.20. The van der Waals surface area contributed by atoms with Gasteiger partial charge in [-0.2, -0.15) is 0 Å². The highest BCUT2D eigenvalue weighted by Gasteiger charge is 2.12. The Balaban J connectivity index is -0.000000135. The van der Waals surface area contributed by atoms with Crippen molar-refractivity contribution in [2.45, 2.75) is 34.1 Å². The monoisotopic (exact) mass is 252 g/mol. The molecular formula is C8H19Cl3O2. The molecule has 0 aliphatic heterocycles. The largest absolute Gasteiger partial charge is 0.465 e. The van der Waals surface area contributed by atoms with E-state index in [-0.39, 0.29) is 48.6 Å². The molecule has 0 bridgehead atoms. The number of hydrogen-bond acceptors (Lipinski definition) is 2. The molecule has 0 aromatic rings. The molecule has 0 unspecified atom stereocenters. The molecular weight excluding hydrogens is 234 g/mol. The van der Waals surface area contributed by atoms with Gasteiger partial charge in [0.05, 0.1) is 6.61 Å². The van der Waals surface area contributed by atoms with Crippen molar-refractivity contribution in [1.29, 1.82) is 0 Å². The molecule has 0 rings (SSSR count). The summed E-state index contributed by atoms with van der Waals surface area (Å²) >= 11 is 0. The molecule has 0 aromatic carbocycles. The molecule has 0 atom stereocenters. The number of ether oxygens (including phenoxy) is 1. The predicted octanol–water partition coefficient (Wildman–Crippen LogP) is 3.25. The number of carbonyl (C=O) groups is 1. The van der Waals surface area contributed by atoms with Crippen molar-refractivity contribution >= 4 is 43.2 Å². The van der Waals surface area contributed by atoms with Gasteiger partial charge in [-0.15, -0.1) is 37.2 Å². The van der Waals surface area contributed by atoms with Crippen molar-refractivity contribution in [2.24, 2.45) is 5.41 Å². The van der Waals surface area contributed by atoms with Crippen LogP contribution in [0.4, 0.5) is 0 Å². The summed E-state index contributed by atoms with van der Waals surface area (Å²) in [5, 5.41) is 0. The lowest BCUT2D eigenvalue weighted by atomic mass is 9.99. The minimum absolute atomic E-state index is 0. The Morgan fingerprint density at radius 3 is 1.77 bits per heavy atom. The fourth-order valence-corrected chi connectivity index (χ4v) is 0.399. The van der Waals surface area contributed by atoms with Crippen LogP contribution in [0.3, 0.4) is 0 Å². The summed E-state index contributed by atoms with van der Waals surface area (Å²) < 4.78 is 4.92. The highest BCUT2D eigenvalue weighted by atomic mass is 35.5. The van der Waals surface area contributed by atoms with Gasteiger partial charge in [-0.05, 0) is 5.41 Å². The van der Waals surface area contributed by atoms with E-state index in [0.29, 0.717) is 13.0 Å². The summed E-state index contributed by atoms with van der Waals surface area (Å²) in [6.07, 6.45) is 0.468. The van der Waals surface area contributed by atoms with Gasteiger partial charge < -0.3 is 4.74 Å². The minimum Gasteiger partial charge on any atom is -0.465 e. The predicted molar refractivity (Wildman–Crippen MR) is 62.4 cm³/mol. The Morgan fingerprint density at radius 1 is 1.15 bits per heavy atom. The van der Waals surface area contributed by atoms with Gasteiger partial charge in [0.1, 0.15) is 0 Å². The lowest BCUT2D eigenvalue weighted by Crippen LogP contribution is -2.17. The summed E-state index contributed by atoms with van der Waals surface area (Å²) in [6, 6.07) is 0. The van der Waals surface area contributed by atoms with Gasteiger partial charge in [0, 0.05) is 6.42 Å². The molecule has 0 amide bonds. The molecule has 2 nitrogen and oxygen atoms in total. The van der Waals surface area contributed by atoms with Crippen LogP contribution in [0.15, 0.2) is 0 Å². The maximum absolute atomic E-state index is 10.6. The molecule has 0 aliphatic carbocycles. The van der Waals surface area contributed by atoms with E-state index in [4.69, 9.17) is 4.74 Å². The molecule has 0 fully saturated rings. The number of esters is 1. The zero-order valence-electron chi connectivity index (χ0n) is 8.46. The Labute approximate surface area is 99.0 Å². The van der Waals surface area contributed by atoms with Gasteiger partial charge in [-0.25, -0.2) is 0 Å². The number of halogens is 3. The van der Waals surface area contributed by atoms with Crippen LogP contribution in [0.5, 0.6) is 0 Å². The van der Waals surface area contributed by atoms with E-state index in [1.54, 1.807) is 6.92 Å². The third-order valence-electron chi connectivity index (χ3n) is 0.955. The van der Waals surface area contributed by atoms with Crippen LogP contribution in [0.1, 0.15) is 34.1 Å². The van der Waals surface area contributed by atoms with Gasteiger partial charge in [-0.3, -0.25) is 4.79 Å². The lowest BCUT2D eigenvalue weighted by Gasteiger charge is -2.17. The van der Waals surface area contributed by atoms with Crippen LogP contribution in [-0.2, 0) is 9.53 Å². The van der Waals surface area contributed by atoms with Crippen molar-refractivity contribution in [2.75, 3.05) is 6.61 Å². The number of hydrogen-bond donors (Lipinski definition) is 0. The molecule has 84 valence electrons. The first-order valence-electron chi connectivity index (χ1n) is 3.61. The van der Waals surface area contributed by atoms with Gasteiger partial charge >= 0.3 is 5.97 Å². The van der Waals surface area contributed by atoms with Crippen molar-refractivity contribution in [3.63, 3.8) is 0 Å². The maximum atomic E-state index is 10.6. The van der Waals surface area contributed by atoms with Crippen molar-refractivity contribution in [1.82, 2.24) is 0 Å². The molecule has 0 spiro atoms. The normalized spacial score (nSPS) is 8.62. The van der Waals surface area contributed by atoms with E-state index < -0.39 is 0 Å². The molecule has 0 heterocycles. The smallest absolute Gasteiger partial charge is 0.305 e. The van der Waals surface area contributed by atoms with Crippen LogP contribution >= 0.6 is 37.2 Å². The topological polar surface area (TPSA) is 26.3 Å². The minimum atomic E-state index is -0.116. The first kappa shape index (κ1) is 23.3. The average molecular weight is 254 g/mol. The van der Waals surface area contributed by atoms with Crippen molar-refractivity contribution in [3.05, 3.63) is 0 Å². The van der Waals surface area contributed by atoms with Crippen LogP contribution in [-0.4, -0.2) is 12.6 Å². The fraction of sp³-hybridized carbons (Fsp3) is 0.875. The van der Waals surface area contributed by atoms with Crippen molar-refractivity contribution < 1.29 is 9.53 Å². The molecule has 0 radical (unpaired) electrons. The Morgan fingerprint density at radius 2 is 1.54 bits per heavy atom. The Bertz CT molecular complexity index is 121. The van der Waals surface area contributed by atoms with E-state index in [1.165, 1.54) is 0 Å². The number of rotatable bonds is 2. The van der Waals surface area contributed by atoms with E-state index >= 15 is 0 Å². The van der Waals surface area contributed by atoms with Gasteiger partial charge in [-0.1, -0.05) is 27.7 Å². The van der Waals surface area contributed by atoms with E-state index in [0.717, 1.165) is 0 Å². The van der Waals surface area contributed by atoms with Crippen LogP contribution in [0, 0.1) is 5.41 Å². The molecule has 0 aliphatic rings. The second kappa shape index (κ2) is 10.4. The van der Waals surface area contributed by atoms with Gasteiger partial charge in [0.25, 0.3) is 0 Å².